The minimum Gasteiger partial charge on any atom is -0.207 e. The van der Waals surface area contributed by atoms with E-state index in [1.54, 1.807) is 6.07 Å². The van der Waals surface area contributed by atoms with Crippen molar-refractivity contribution in [3.8, 4) is 0 Å². The van der Waals surface area contributed by atoms with Crippen molar-refractivity contribution in [2.75, 3.05) is 0 Å². The summed E-state index contributed by atoms with van der Waals surface area (Å²) in [6.07, 6.45) is 0.756. The molecule has 2 aromatic carbocycles. The van der Waals surface area contributed by atoms with Crippen molar-refractivity contribution in [2.24, 2.45) is 0 Å². The molecule has 1 unspecified atom stereocenters. The molecule has 4 heteroatoms. The van der Waals surface area contributed by atoms with Crippen LogP contribution in [-0.4, -0.2) is 0 Å². The number of alkyl halides is 1. The van der Waals surface area contributed by atoms with Gasteiger partial charge in [-0.05, 0) is 36.2 Å². The molecule has 0 aliphatic carbocycles. The van der Waals surface area contributed by atoms with Gasteiger partial charge in [-0.3, -0.25) is 0 Å². The van der Waals surface area contributed by atoms with E-state index in [0.717, 1.165) is 15.4 Å². The van der Waals surface area contributed by atoms with E-state index < -0.39 is 0 Å². The summed E-state index contributed by atoms with van der Waals surface area (Å²) >= 11 is 10.2. The van der Waals surface area contributed by atoms with Gasteiger partial charge >= 0.3 is 0 Å². The molecule has 0 amide bonds. The fourth-order valence-corrected chi connectivity index (χ4v) is 3.04. The molecule has 0 aromatic heterocycles. The summed E-state index contributed by atoms with van der Waals surface area (Å²) in [5.41, 5.74) is 1.85. The van der Waals surface area contributed by atoms with Crippen LogP contribution in [0, 0.1) is 5.82 Å². The average molecular weight is 437 g/mol. The Morgan fingerprint density at radius 2 is 1.56 bits per heavy atom. The molecular formula is C14H10Br3F. The fraction of sp³-hybridized carbons (Fsp3) is 0.143. The Kier molecular flexibility index (Phi) is 4.98. The highest BCUT2D eigenvalue weighted by molar-refractivity contribution is 9.10. The van der Waals surface area contributed by atoms with Gasteiger partial charge in [0.25, 0.3) is 0 Å². The van der Waals surface area contributed by atoms with Crippen molar-refractivity contribution >= 4 is 47.8 Å². The maximum atomic E-state index is 13.8. The highest BCUT2D eigenvalue weighted by atomic mass is 79.9. The van der Waals surface area contributed by atoms with Crippen molar-refractivity contribution in [3.63, 3.8) is 0 Å². The molecule has 0 aliphatic rings. The second-order valence-corrected chi connectivity index (χ2v) is 6.90. The quantitative estimate of drug-likeness (QED) is 0.515. The highest BCUT2D eigenvalue weighted by Gasteiger charge is 2.13. The Hall–Kier alpha value is -0.190. The molecule has 1 atom stereocenters. The van der Waals surface area contributed by atoms with Crippen LogP contribution in [0.1, 0.15) is 16.0 Å². The molecule has 2 aromatic rings. The summed E-state index contributed by atoms with van der Waals surface area (Å²) in [6, 6.07) is 13.2. The van der Waals surface area contributed by atoms with Crippen molar-refractivity contribution in [2.45, 2.75) is 11.2 Å². The van der Waals surface area contributed by atoms with Crippen LogP contribution in [0.4, 0.5) is 4.39 Å². The monoisotopic (exact) mass is 434 g/mol. The summed E-state index contributed by atoms with van der Waals surface area (Å²) in [6.45, 7) is 0. The number of hydrogen-bond donors (Lipinski definition) is 0. The van der Waals surface area contributed by atoms with Crippen molar-refractivity contribution in [1.29, 1.82) is 0 Å². The predicted octanol–water partition coefficient (Wildman–Crippen LogP) is 6.03. The molecule has 0 nitrogen and oxygen atoms in total. The number of hydrogen-bond acceptors (Lipinski definition) is 0. The van der Waals surface area contributed by atoms with Gasteiger partial charge in [-0.1, -0.05) is 66.0 Å². The standard InChI is InChI=1S/C14H10Br3F/c15-10-3-1-9(2-4-10)7-13(17)12-6-5-11(16)8-14(12)18/h1-6,8,13H,7H2. The first-order chi connectivity index (χ1) is 8.56. The zero-order valence-electron chi connectivity index (χ0n) is 9.34. The van der Waals surface area contributed by atoms with Gasteiger partial charge in [-0.2, -0.15) is 0 Å². The molecule has 0 bridgehead atoms. The first-order valence-electron chi connectivity index (χ1n) is 5.40. The normalized spacial score (nSPS) is 12.4. The maximum absolute atomic E-state index is 13.8. The van der Waals surface area contributed by atoms with E-state index in [0.29, 0.717) is 5.56 Å². The summed E-state index contributed by atoms with van der Waals surface area (Å²) in [7, 11) is 0. The molecule has 0 N–H and O–H groups in total. The Morgan fingerprint density at radius 3 is 2.17 bits per heavy atom. The van der Waals surface area contributed by atoms with Crippen LogP contribution in [0.2, 0.25) is 0 Å². The van der Waals surface area contributed by atoms with Gasteiger partial charge in [0, 0.05) is 19.3 Å². The number of rotatable bonds is 3. The molecule has 0 saturated carbocycles. The van der Waals surface area contributed by atoms with E-state index in [9.17, 15) is 4.39 Å². The first-order valence-corrected chi connectivity index (χ1v) is 7.90. The largest absolute Gasteiger partial charge is 0.207 e. The molecule has 0 saturated heterocycles. The minimum atomic E-state index is -0.191. The lowest BCUT2D eigenvalue weighted by Gasteiger charge is -2.11. The smallest absolute Gasteiger partial charge is 0.128 e. The van der Waals surface area contributed by atoms with Gasteiger partial charge in [0.15, 0.2) is 0 Å². The van der Waals surface area contributed by atoms with Crippen LogP contribution in [0.5, 0.6) is 0 Å². The topological polar surface area (TPSA) is 0 Å². The molecule has 0 aliphatic heterocycles. The Labute approximate surface area is 131 Å². The third-order valence-corrected chi connectivity index (χ3v) is 4.47. The summed E-state index contributed by atoms with van der Waals surface area (Å²) in [5, 5.41) is 0. The van der Waals surface area contributed by atoms with Gasteiger partial charge < -0.3 is 0 Å². The molecule has 94 valence electrons. The van der Waals surface area contributed by atoms with Gasteiger partial charge in [0.05, 0.1) is 0 Å². The van der Waals surface area contributed by atoms with Crippen LogP contribution < -0.4 is 0 Å². The Balaban J connectivity index is 2.16. The van der Waals surface area contributed by atoms with E-state index in [4.69, 9.17) is 0 Å². The van der Waals surface area contributed by atoms with Gasteiger partial charge in [-0.25, -0.2) is 4.39 Å². The SMILES string of the molecule is Fc1cc(Br)ccc1C(Br)Cc1ccc(Br)cc1. The van der Waals surface area contributed by atoms with Gasteiger partial charge in [-0.15, -0.1) is 0 Å². The zero-order valence-corrected chi connectivity index (χ0v) is 14.1. The molecular weight excluding hydrogens is 427 g/mol. The summed E-state index contributed by atoms with van der Waals surface area (Å²) < 4.78 is 15.6. The Morgan fingerprint density at radius 1 is 0.944 bits per heavy atom. The van der Waals surface area contributed by atoms with E-state index >= 15 is 0 Å². The molecule has 0 fully saturated rings. The highest BCUT2D eigenvalue weighted by Crippen LogP contribution is 2.30. The first kappa shape index (κ1) is 14.2. The fourth-order valence-electron chi connectivity index (χ4n) is 1.69. The van der Waals surface area contributed by atoms with Gasteiger partial charge in [0.1, 0.15) is 5.82 Å². The van der Waals surface area contributed by atoms with Crippen molar-refractivity contribution in [1.82, 2.24) is 0 Å². The van der Waals surface area contributed by atoms with Crippen LogP contribution in [-0.2, 0) is 6.42 Å². The van der Waals surface area contributed by atoms with Crippen LogP contribution >= 0.6 is 47.8 Å². The predicted molar refractivity (Wildman–Crippen MR) is 83.6 cm³/mol. The van der Waals surface area contributed by atoms with Gasteiger partial charge in [0.2, 0.25) is 0 Å². The second-order valence-electron chi connectivity index (χ2n) is 3.96. The number of benzene rings is 2. The zero-order chi connectivity index (χ0) is 13.1. The lowest BCUT2D eigenvalue weighted by Crippen LogP contribution is -1.98. The third kappa shape index (κ3) is 3.65. The lowest BCUT2D eigenvalue weighted by molar-refractivity contribution is 0.607. The van der Waals surface area contributed by atoms with E-state index in [1.807, 2.05) is 30.3 Å². The Bertz CT molecular complexity index is 537. The molecule has 0 spiro atoms. The maximum Gasteiger partial charge on any atom is 0.128 e. The van der Waals surface area contributed by atoms with Crippen molar-refractivity contribution in [3.05, 3.63) is 68.4 Å². The summed E-state index contributed by atoms with van der Waals surface area (Å²) in [5.74, 6) is -0.191. The molecule has 18 heavy (non-hydrogen) atoms. The minimum absolute atomic E-state index is 0.0215. The second kappa shape index (κ2) is 6.31. The van der Waals surface area contributed by atoms with Crippen LogP contribution in [0.15, 0.2) is 51.4 Å². The lowest BCUT2D eigenvalue weighted by atomic mass is 10.0. The molecule has 0 heterocycles. The van der Waals surface area contributed by atoms with E-state index in [1.165, 1.54) is 11.6 Å². The van der Waals surface area contributed by atoms with E-state index in [-0.39, 0.29) is 10.6 Å². The van der Waals surface area contributed by atoms with E-state index in [2.05, 4.69) is 47.8 Å². The third-order valence-electron chi connectivity index (χ3n) is 2.63. The average Bonchev–Trinajstić information content (AvgIpc) is 2.32. The van der Waals surface area contributed by atoms with Crippen molar-refractivity contribution < 1.29 is 4.39 Å². The molecule has 0 radical (unpaired) electrons. The van der Waals surface area contributed by atoms with Crippen LogP contribution in [0.25, 0.3) is 0 Å². The molecule has 2 rings (SSSR count). The number of halogens is 4. The summed E-state index contributed by atoms with van der Waals surface area (Å²) in [4.78, 5) is -0.0215. The van der Waals surface area contributed by atoms with Crippen LogP contribution in [0.3, 0.4) is 0 Å².